The summed E-state index contributed by atoms with van der Waals surface area (Å²) < 4.78 is 0. The molecule has 1 aromatic rings. The van der Waals surface area contributed by atoms with Crippen LogP contribution in [-0.4, -0.2) is 12.8 Å². The molecule has 2 rings (SSSR count). The molecule has 0 saturated heterocycles. The summed E-state index contributed by atoms with van der Waals surface area (Å²) in [4.78, 5) is 10.4. The number of hydrogen-bond acceptors (Lipinski definition) is 2. The van der Waals surface area contributed by atoms with Crippen LogP contribution >= 0.6 is 0 Å². The lowest BCUT2D eigenvalue weighted by molar-refractivity contribution is 0.112. The number of carbonyl (C=O) groups excluding carboxylic acids is 1. The fourth-order valence-corrected chi connectivity index (χ4v) is 1.31. The molecule has 0 radical (unpaired) electrons. The molecule has 0 unspecified atom stereocenters. The monoisotopic (exact) mass is 159 g/mol. The molecule has 1 aliphatic rings. The smallest absolute Gasteiger partial charge is 0.150 e. The highest BCUT2D eigenvalue weighted by Gasteiger charge is 2.02. The zero-order valence-electron chi connectivity index (χ0n) is 6.58. The second kappa shape index (κ2) is 2.81. The fraction of sp³-hybridized carbons (Fsp3) is 0.100. The van der Waals surface area contributed by atoms with E-state index in [0.29, 0.717) is 0 Å². The molecular weight excluding hydrogens is 150 g/mol. The van der Waals surface area contributed by atoms with Crippen molar-refractivity contribution in [2.75, 3.05) is 11.9 Å². The minimum Gasteiger partial charge on any atom is -0.381 e. The first kappa shape index (κ1) is 7.10. The SMILES string of the molecule is O=Cc1ccc2c(c1)C=CCN2. The van der Waals surface area contributed by atoms with Crippen LogP contribution in [0, 0.1) is 0 Å². The first-order valence-corrected chi connectivity index (χ1v) is 3.90. The molecule has 60 valence electrons. The van der Waals surface area contributed by atoms with E-state index < -0.39 is 0 Å². The topological polar surface area (TPSA) is 29.1 Å². The Morgan fingerprint density at radius 2 is 2.33 bits per heavy atom. The zero-order valence-corrected chi connectivity index (χ0v) is 6.58. The number of anilines is 1. The van der Waals surface area contributed by atoms with Gasteiger partial charge in [-0.25, -0.2) is 0 Å². The molecule has 1 aromatic carbocycles. The number of aldehydes is 1. The Balaban J connectivity index is 2.51. The molecule has 1 N–H and O–H groups in total. The van der Waals surface area contributed by atoms with Crippen LogP contribution in [0.5, 0.6) is 0 Å². The lowest BCUT2D eigenvalue weighted by atomic mass is 10.1. The van der Waals surface area contributed by atoms with Crippen molar-refractivity contribution in [3.05, 3.63) is 35.4 Å². The van der Waals surface area contributed by atoms with Crippen LogP contribution in [0.2, 0.25) is 0 Å². The van der Waals surface area contributed by atoms with Crippen LogP contribution in [-0.2, 0) is 0 Å². The molecular formula is C10H9NO. The van der Waals surface area contributed by atoms with Crippen LogP contribution in [0.15, 0.2) is 24.3 Å². The minimum atomic E-state index is 0.724. The van der Waals surface area contributed by atoms with Crippen LogP contribution < -0.4 is 5.32 Å². The van der Waals surface area contributed by atoms with Gasteiger partial charge in [0.15, 0.2) is 0 Å². The summed E-state index contributed by atoms with van der Waals surface area (Å²) in [5, 5.41) is 3.21. The van der Waals surface area contributed by atoms with Crippen molar-refractivity contribution in [3.63, 3.8) is 0 Å². The molecule has 0 fully saturated rings. The molecule has 0 aromatic heterocycles. The highest BCUT2D eigenvalue weighted by molar-refractivity contribution is 5.80. The van der Waals surface area contributed by atoms with E-state index in [0.717, 1.165) is 29.6 Å². The molecule has 12 heavy (non-hydrogen) atoms. The van der Waals surface area contributed by atoms with Gasteiger partial charge in [0.2, 0.25) is 0 Å². The molecule has 2 nitrogen and oxygen atoms in total. The average molecular weight is 159 g/mol. The van der Waals surface area contributed by atoms with Crippen LogP contribution in [0.25, 0.3) is 6.08 Å². The summed E-state index contributed by atoms with van der Waals surface area (Å²) in [6, 6.07) is 5.63. The average Bonchev–Trinajstić information content (AvgIpc) is 2.17. The third-order valence-electron chi connectivity index (χ3n) is 1.92. The Bertz CT molecular complexity index is 342. The van der Waals surface area contributed by atoms with Gasteiger partial charge in [-0.15, -0.1) is 0 Å². The Hall–Kier alpha value is -1.57. The van der Waals surface area contributed by atoms with E-state index in [4.69, 9.17) is 0 Å². The van der Waals surface area contributed by atoms with Gasteiger partial charge in [-0.1, -0.05) is 12.2 Å². The van der Waals surface area contributed by atoms with Gasteiger partial charge in [-0.05, 0) is 23.8 Å². The van der Waals surface area contributed by atoms with E-state index in [-0.39, 0.29) is 0 Å². The van der Waals surface area contributed by atoms with Crippen LogP contribution in [0.4, 0.5) is 5.69 Å². The molecule has 2 heteroatoms. The van der Waals surface area contributed by atoms with E-state index in [9.17, 15) is 4.79 Å². The van der Waals surface area contributed by atoms with Gasteiger partial charge >= 0.3 is 0 Å². The van der Waals surface area contributed by atoms with Crippen molar-refractivity contribution < 1.29 is 4.79 Å². The Morgan fingerprint density at radius 3 is 3.17 bits per heavy atom. The molecule has 1 aliphatic heterocycles. The number of hydrogen-bond donors (Lipinski definition) is 1. The first-order valence-electron chi connectivity index (χ1n) is 3.90. The Kier molecular flexibility index (Phi) is 1.67. The van der Waals surface area contributed by atoms with E-state index >= 15 is 0 Å². The molecule has 0 aliphatic carbocycles. The van der Waals surface area contributed by atoms with Crippen LogP contribution in [0.1, 0.15) is 15.9 Å². The predicted molar refractivity (Wildman–Crippen MR) is 49.4 cm³/mol. The predicted octanol–water partition coefficient (Wildman–Crippen LogP) is 1.94. The van der Waals surface area contributed by atoms with Crippen molar-refractivity contribution in [1.82, 2.24) is 0 Å². The molecule has 0 atom stereocenters. The summed E-state index contributed by atoms with van der Waals surface area (Å²) in [7, 11) is 0. The third kappa shape index (κ3) is 1.11. The zero-order chi connectivity index (χ0) is 8.39. The molecule has 0 bridgehead atoms. The largest absolute Gasteiger partial charge is 0.381 e. The van der Waals surface area contributed by atoms with Gasteiger partial charge in [-0.2, -0.15) is 0 Å². The van der Waals surface area contributed by atoms with Gasteiger partial charge in [-0.3, -0.25) is 4.79 Å². The number of rotatable bonds is 1. The van der Waals surface area contributed by atoms with Crippen molar-refractivity contribution in [2.45, 2.75) is 0 Å². The van der Waals surface area contributed by atoms with E-state index in [1.807, 2.05) is 30.4 Å². The Labute approximate surface area is 70.9 Å². The highest BCUT2D eigenvalue weighted by Crippen LogP contribution is 2.20. The fourth-order valence-electron chi connectivity index (χ4n) is 1.31. The lowest BCUT2D eigenvalue weighted by Crippen LogP contribution is -2.04. The first-order chi connectivity index (χ1) is 5.90. The summed E-state index contributed by atoms with van der Waals surface area (Å²) in [6.07, 6.45) is 4.93. The minimum absolute atomic E-state index is 0.724. The normalized spacial score (nSPS) is 13.3. The summed E-state index contributed by atoms with van der Waals surface area (Å²) in [6.45, 7) is 0.868. The van der Waals surface area contributed by atoms with Gasteiger partial charge < -0.3 is 5.32 Å². The van der Waals surface area contributed by atoms with Crippen molar-refractivity contribution >= 4 is 18.0 Å². The maximum atomic E-state index is 10.4. The maximum absolute atomic E-state index is 10.4. The number of fused-ring (bicyclic) bond motifs is 1. The molecule has 0 spiro atoms. The van der Waals surface area contributed by atoms with Gasteiger partial charge in [0.1, 0.15) is 6.29 Å². The van der Waals surface area contributed by atoms with Gasteiger partial charge in [0.25, 0.3) is 0 Å². The van der Waals surface area contributed by atoms with E-state index in [2.05, 4.69) is 5.32 Å². The number of carbonyl (C=O) groups is 1. The van der Waals surface area contributed by atoms with Gasteiger partial charge in [0, 0.05) is 17.8 Å². The lowest BCUT2D eigenvalue weighted by Gasteiger charge is -2.12. The number of nitrogens with one attached hydrogen (secondary N) is 1. The van der Waals surface area contributed by atoms with Gasteiger partial charge in [0.05, 0.1) is 0 Å². The Morgan fingerprint density at radius 1 is 1.42 bits per heavy atom. The molecule has 1 heterocycles. The second-order valence-electron chi connectivity index (χ2n) is 2.75. The summed E-state index contributed by atoms with van der Waals surface area (Å²) in [5.74, 6) is 0. The highest BCUT2D eigenvalue weighted by atomic mass is 16.1. The number of benzene rings is 1. The quantitative estimate of drug-likeness (QED) is 0.634. The van der Waals surface area contributed by atoms with Crippen LogP contribution in [0.3, 0.4) is 0 Å². The van der Waals surface area contributed by atoms with Crippen molar-refractivity contribution in [1.29, 1.82) is 0 Å². The molecule has 0 amide bonds. The maximum Gasteiger partial charge on any atom is 0.150 e. The standard InChI is InChI=1S/C10H9NO/c12-7-8-3-4-10-9(6-8)2-1-5-11-10/h1-4,6-7,11H,5H2. The summed E-state index contributed by atoms with van der Waals surface area (Å²) >= 11 is 0. The van der Waals surface area contributed by atoms with Crippen molar-refractivity contribution in [3.8, 4) is 0 Å². The van der Waals surface area contributed by atoms with E-state index in [1.54, 1.807) is 0 Å². The van der Waals surface area contributed by atoms with Crippen molar-refractivity contribution in [2.24, 2.45) is 0 Å². The molecule has 0 saturated carbocycles. The second-order valence-corrected chi connectivity index (χ2v) is 2.75. The third-order valence-corrected chi connectivity index (χ3v) is 1.92. The van der Waals surface area contributed by atoms with E-state index in [1.165, 1.54) is 0 Å². The summed E-state index contributed by atoms with van der Waals surface area (Å²) in [5.41, 5.74) is 2.91.